The van der Waals surface area contributed by atoms with E-state index in [1.807, 2.05) is 13.8 Å². The maximum atomic E-state index is 11.5. The molecule has 0 aromatic rings. The van der Waals surface area contributed by atoms with E-state index >= 15 is 0 Å². The van der Waals surface area contributed by atoms with Gasteiger partial charge in [0.2, 0.25) is 5.91 Å². The van der Waals surface area contributed by atoms with Crippen LogP contribution in [-0.4, -0.2) is 122 Å². The van der Waals surface area contributed by atoms with Crippen molar-refractivity contribution in [2.24, 2.45) is 0 Å². The first-order chi connectivity index (χ1) is 21.7. The summed E-state index contributed by atoms with van der Waals surface area (Å²) < 4.78 is 46.2. The lowest BCUT2D eigenvalue weighted by Crippen LogP contribution is -2.30. The molecule has 0 aromatic heterocycles. The molecule has 0 saturated carbocycles. The van der Waals surface area contributed by atoms with Crippen LogP contribution in [0.5, 0.6) is 0 Å². The summed E-state index contributed by atoms with van der Waals surface area (Å²) in [6.07, 6.45) is 3.44. The summed E-state index contributed by atoms with van der Waals surface area (Å²) in [5, 5.41) is 2.53. The maximum Gasteiger partial charge on any atom is 0.308 e. The van der Waals surface area contributed by atoms with Crippen LogP contribution < -0.4 is 5.32 Å². The smallest absolute Gasteiger partial charge is 0.308 e. The third-order valence-corrected chi connectivity index (χ3v) is 5.29. The largest absolute Gasteiger partial charge is 0.466 e. The van der Waals surface area contributed by atoms with Crippen molar-refractivity contribution in [3.8, 4) is 0 Å². The molecule has 45 heavy (non-hydrogen) atoms. The summed E-state index contributed by atoms with van der Waals surface area (Å²) in [5.41, 5.74) is 0. The molecule has 14 nitrogen and oxygen atoms in total. The van der Waals surface area contributed by atoms with Crippen molar-refractivity contribution in [1.29, 1.82) is 0 Å². The number of esters is 3. The first-order valence-electron chi connectivity index (χ1n) is 15.9. The van der Waals surface area contributed by atoms with Gasteiger partial charge in [0.15, 0.2) is 0 Å². The lowest BCUT2D eigenvalue weighted by molar-refractivity contribution is -0.150. The fraction of sp³-hybridized carbons (Fsp3) is 0.871. The molecule has 0 bridgehead atoms. The van der Waals surface area contributed by atoms with Crippen LogP contribution in [0.4, 0.5) is 0 Å². The fourth-order valence-corrected chi connectivity index (χ4v) is 2.82. The van der Waals surface area contributed by atoms with Gasteiger partial charge in [-0.05, 0) is 40.5 Å². The molecule has 0 heterocycles. The Bertz CT molecular complexity index is 729. The second-order valence-corrected chi connectivity index (χ2v) is 9.81. The number of rotatable bonds is 29. The highest BCUT2D eigenvalue weighted by molar-refractivity contribution is 5.77. The van der Waals surface area contributed by atoms with E-state index in [2.05, 4.69) is 12.2 Å². The van der Waals surface area contributed by atoms with Crippen LogP contribution >= 0.6 is 0 Å². The van der Waals surface area contributed by atoms with E-state index in [0.717, 1.165) is 25.9 Å². The van der Waals surface area contributed by atoms with Gasteiger partial charge in [-0.3, -0.25) is 19.2 Å². The Hall–Kier alpha value is -2.36. The van der Waals surface area contributed by atoms with E-state index in [9.17, 15) is 19.2 Å². The van der Waals surface area contributed by atoms with Crippen LogP contribution in [0, 0.1) is 0 Å². The van der Waals surface area contributed by atoms with Crippen molar-refractivity contribution >= 4 is 23.8 Å². The van der Waals surface area contributed by atoms with Crippen LogP contribution in [0.2, 0.25) is 0 Å². The number of ether oxygens (including phenoxy) is 9. The quantitative estimate of drug-likeness (QED) is 0.0541. The molecule has 0 aliphatic rings. The molecule has 1 unspecified atom stereocenters. The van der Waals surface area contributed by atoms with Crippen LogP contribution in [-0.2, 0) is 61.8 Å². The third kappa shape index (κ3) is 37.7. The lowest BCUT2D eigenvalue weighted by Gasteiger charge is -2.10. The van der Waals surface area contributed by atoms with Gasteiger partial charge in [-0.2, -0.15) is 0 Å². The topological polar surface area (TPSA) is 163 Å². The van der Waals surface area contributed by atoms with Crippen molar-refractivity contribution in [2.45, 2.75) is 92.3 Å². The fourth-order valence-electron chi connectivity index (χ4n) is 2.82. The molecule has 0 rings (SSSR count). The Morgan fingerprint density at radius 1 is 0.600 bits per heavy atom. The predicted octanol–water partition coefficient (Wildman–Crippen LogP) is 3.22. The molecular weight excluding hydrogens is 594 g/mol. The highest BCUT2D eigenvalue weighted by atomic mass is 16.6. The van der Waals surface area contributed by atoms with Gasteiger partial charge in [0.25, 0.3) is 0 Å². The zero-order chi connectivity index (χ0) is 34.0. The van der Waals surface area contributed by atoms with Gasteiger partial charge < -0.3 is 47.9 Å². The number of unbranched alkanes of at least 4 members (excludes halogenated alkanes) is 1. The van der Waals surface area contributed by atoms with Crippen LogP contribution in [0.25, 0.3) is 0 Å². The normalized spacial score (nSPS) is 11.4. The molecule has 1 amide bonds. The van der Waals surface area contributed by atoms with Gasteiger partial charge >= 0.3 is 17.9 Å². The number of amides is 1. The standard InChI is InChI=1S/C17H33NO7.C14H26O6.H2/c1-4-5-7-21-9-10-22-11-12-23-13-16(19)18-14-24-8-6-17(20)25-15(2)3;1-4-12(3)20-14(16)7-9-18-11-10-17-8-6-13(15)19-5-2;/h15H,4-14H2,1-3H3,(H,18,19);12H,4-11H2,1-3H3;1H. The van der Waals surface area contributed by atoms with Gasteiger partial charge in [-0.25, -0.2) is 0 Å². The first-order valence-corrected chi connectivity index (χ1v) is 15.9. The van der Waals surface area contributed by atoms with Crippen molar-refractivity contribution in [3.63, 3.8) is 0 Å². The summed E-state index contributed by atoms with van der Waals surface area (Å²) in [5.74, 6) is -1.11. The van der Waals surface area contributed by atoms with Gasteiger partial charge in [0, 0.05) is 8.03 Å². The average Bonchev–Trinajstić information content (AvgIpc) is 2.99. The van der Waals surface area contributed by atoms with Crippen molar-refractivity contribution in [1.82, 2.24) is 5.32 Å². The predicted molar refractivity (Wildman–Crippen MR) is 168 cm³/mol. The molecule has 0 spiro atoms. The highest BCUT2D eigenvalue weighted by Crippen LogP contribution is 1.99. The molecule has 0 aromatic carbocycles. The molecule has 268 valence electrons. The first kappa shape index (κ1) is 44.8. The Morgan fingerprint density at radius 3 is 1.62 bits per heavy atom. The van der Waals surface area contributed by atoms with Gasteiger partial charge in [0.1, 0.15) is 13.3 Å². The van der Waals surface area contributed by atoms with Crippen molar-refractivity contribution < 1.29 is 63.2 Å². The minimum Gasteiger partial charge on any atom is -0.466 e. The average molecular weight is 656 g/mol. The summed E-state index contributed by atoms with van der Waals surface area (Å²) in [4.78, 5) is 45.0. The Morgan fingerprint density at radius 2 is 1.09 bits per heavy atom. The zero-order valence-electron chi connectivity index (χ0n) is 28.4. The third-order valence-electron chi connectivity index (χ3n) is 5.29. The summed E-state index contributed by atoms with van der Waals surface area (Å²) in [6, 6.07) is 0. The molecule has 0 aliphatic heterocycles. The lowest BCUT2D eigenvalue weighted by atomic mass is 10.3. The van der Waals surface area contributed by atoms with Crippen LogP contribution in [0.1, 0.15) is 81.5 Å². The molecule has 0 saturated heterocycles. The van der Waals surface area contributed by atoms with Gasteiger partial charge in [-0.1, -0.05) is 20.3 Å². The van der Waals surface area contributed by atoms with E-state index in [1.54, 1.807) is 20.8 Å². The van der Waals surface area contributed by atoms with Crippen LogP contribution in [0.15, 0.2) is 0 Å². The summed E-state index contributed by atoms with van der Waals surface area (Å²) in [7, 11) is 0. The number of carbonyl (C=O) groups is 4. The monoisotopic (exact) mass is 655 g/mol. The number of nitrogens with one attached hydrogen (secondary N) is 1. The second kappa shape index (κ2) is 34.5. The maximum absolute atomic E-state index is 11.5. The second-order valence-electron chi connectivity index (χ2n) is 9.81. The Kier molecular flexibility index (Phi) is 34.3. The number of carbonyl (C=O) groups excluding carboxylic acids is 4. The van der Waals surface area contributed by atoms with Gasteiger partial charge in [0.05, 0.1) is 97.5 Å². The number of hydrogen-bond donors (Lipinski definition) is 1. The summed E-state index contributed by atoms with van der Waals surface area (Å²) in [6.45, 7) is 15.8. The zero-order valence-corrected chi connectivity index (χ0v) is 28.4. The minimum atomic E-state index is -0.319. The highest BCUT2D eigenvalue weighted by Gasteiger charge is 2.08. The Labute approximate surface area is 270 Å². The molecular formula is C31H61NO13. The van der Waals surface area contributed by atoms with E-state index in [1.165, 1.54) is 0 Å². The van der Waals surface area contributed by atoms with E-state index in [4.69, 9.17) is 42.6 Å². The Balaban J connectivity index is -0.000000806. The molecule has 0 aliphatic carbocycles. The molecule has 14 heteroatoms. The molecule has 0 fully saturated rings. The van der Waals surface area contributed by atoms with Crippen molar-refractivity contribution in [2.75, 3.05) is 86.0 Å². The minimum absolute atomic E-state index is 0. The van der Waals surface area contributed by atoms with E-state index in [0.29, 0.717) is 59.5 Å². The number of hydrogen-bond acceptors (Lipinski definition) is 13. The van der Waals surface area contributed by atoms with Gasteiger partial charge in [-0.15, -0.1) is 0 Å². The molecule has 1 N–H and O–H groups in total. The van der Waals surface area contributed by atoms with E-state index in [-0.39, 0.29) is 76.7 Å². The van der Waals surface area contributed by atoms with Crippen LogP contribution in [0.3, 0.4) is 0 Å². The molecule has 0 radical (unpaired) electrons. The van der Waals surface area contributed by atoms with Crippen molar-refractivity contribution in [3.05, 3.63) is 0 Å². The molecule has 1 atom stereocenters. The summed E-state index contributed by atoms with van der Waals surface area (Å²) >= 11 is 0. The van der Waals surface area contributed by atoms with E-state index < -0.39 is 0 Å². The SMILES string of the molecule is CCCCOCCOCCOCC(=O)NCOCCC(=O)OC(C)C.CCOC(=O)CCOCCOCCC(=O)OC(C)CC.[HH].